The number of benzene rings is 1. The first kappa shape index (κ1) is 22.4. The van der Waals surface area contributed by atoms with E-state index in [9.17, 15) is 20.1 Å². The first-order valence-electron chi connectivity index (χ1n) is 10.5. The molecule has 1 saturated heterocycles. The summed E-state index contributed by atoms with van der Waals surface area (Å²) in [5.41, 5.74) is 2.13. The van der Waals surface area contributed by atoms with E-state index in [0.717, 1.165) is 5.57 Å². The molecule has 4 rings (SSSR count). The van der Waals surface area contributed by atoms with Crippen LogP contribution in [0, 0.1) is 11.8 Å². The molecular weight excluding hydrogens is 416 g/mol. The number of rotatable bonds is 5. The van der Waals surface area contributed by atoms with E-state index >= 15 is 0 Å². The molecule has 0 aromatic heterocycles. The minimum Gasteiger partial charge on any atom is -0.502 e. The van der Waals surface area contributed by atoms with Gasteiger partial charge in [-0.15, -0.1) is 0 Å². The molecule has 3 aliphatic rings. The van der Waals surface area contributed by atoms with Gasteiger partial charge < -0.3 is 34.3 Å². The third kappa shape index (κ3) is 3.79. The third-order valence-electron chi connectivity index (χ3n) is 6.56. The smallest absolute Gasteiger partial charge is 0.200 e. The second kappa shape index (κ2) is 8.97. The van der Waals surface area contributed by atoms with Crippen molar-refractivity contribution >= 4 is 5.78 Å². The number of hydrogen-bond donors (Lipinski definition) is 3. The first-order chi connectivity index (χ1) is 15.4. The summed E-state index contributed by atoms with van der Waals surface area (Å²) in [6.45, 7) is 1.23. The van der Waals surface area contributed by atoms with Gasteiger partial charge in [0.1, 0.15) is 17.6 Å². The number of ether oxygens (including phenoxy) is 4. The van der Waals surface area contributed by atoms with Gasteiger partial charge in [-0.1, -0.05) is 6.08 Å². The molecule has 0 radical (unpaired) electrons. The number of fused-ring (bicyclic) bond motifs is 1. The molecule has 0 bridgehead atoms. The zero-order valence-corrected chi connectivity index (χ0v) is 18.3. The molecule has 0 saturated carbocycles. The third-order valence-corrected chi connectivity index (χ3v) is 6.56. The molecule has 3 N–H and O–H groups in total. The van der Waals surface area contributed by atoms with E-state index in [1.807, 2.05) is 12.2 Å². The van der Waals surface area contributed by atoms with E-state index in [2.05, 4.69) is 0 Å². The maximum absolute atomic E-state index is 12.9. The van der Waals surface area contributed by atoms with Crippen LogP contribution in [0.15, 0.2) is 47.3 Å². The number of carbonyl (C=O) groups excluding carboxylic acids is 1. The molecular formula is C24H28O8. The number of Topliss-reactive ketones (excluding diaryl/α,β-unsaturated/α-hetero) is 1. The number of ketones is 1. The molecule has 0 amide bonds. The molecule has 4 unspecified atom stereocenters. The van der Waals surface area contributed by atoms with Gasteiger partial charge in [0.15, 0.2) is 18.3 Å². The van der Waals surface area contributed by atoms with Crippen molar-refractivity contribution in [2.45, 2.75) is 31.5 Å². The van der Waals surface area contributed by atoms with Crippen molar-refractivity contribution in [3.05, 3.63) is 52.8 Å². The highest BCUT2D eigenvalue weighted by Crippen LogP contribution is 2.48. The van der Waals surface area contributed by atoms with Gasteiger partial charge in [-0.2, -0.15) is 0 Å². The molecule has 2 aliphatic carbocycles. The van der Waals surface area contributed by atoms with Crippen LogP contribution in [0.25, 0.3) is 0 Å². The number of carbonyl (C=O) groups is 1. The van der Waals surface area contributed by atoms with E-state index in [1.54, 1.807) is 18.2 Å². The number of phenolic OH excluding ortho intramolecular Hbond substituents is 1. The highest BCUT2D eigenvalue weighted by atomic mass is 16.7. The van der Waals surface area contributed by atoms with E-state index in [-0.39, 0.29) is 42.5 Å². The van der Waals surface area contributed by atoms with Gasteiger partial charge in [-0.25, -0.2) is 0 Å². The quantitative estimate of drug-likeness (QED) is 0.633. The largest absolute Gasteiger partial charge is 0.502 e. The molecule has 8 nitrogen and oxygen atoms in total. The summed E-state index contributed by atoms with van der Waals surface area (Å²) in [4.78, 5) is 12.9. The summed E-state index contributed by atoms with van der Waals surface area (Å²) in [7, 11) is 2.88. The van der Waals surface area contributed by atoms with Crippen LogP contribution in [0.4, 0.5) is 0 Å². The lowest BCUT2D eigenvalue weighted by atomic mass is 9.73. The maximum atomic E-state index is 12.9. The van der Waals surface area contributed by atoms with Crippen LogP contribution >= 0.6 is 0 Å². The molecule has 32 heavy (non-hydrogen) atoms. The van der Waals surface area contributed by atoms with Crippen molar-refractivity contribution in [3.63, 3.8) is 0 Å². The van der Waals surface area contributed by atoms with Crippen LogP contribution in [0.1, 0.15) is 24.8 Å². The summed E-state index contributed by atoms with van der Waals surface area (Å²) in [5.74, 6) is -1.07. The van der Waals surface area contributed by atoms with Crippen molar-refractivity contribution in [2.24, 2.45) is 11.8 Å². The van der Waals surface area contributed by atoms with E-state index < -0.39 is 23.9 Å². The van der Waals surface area contributed by atoms with Gasteiger partial charge in [-0.05, 0) is 60.3 Å². The van der Waals surface area contributed by atoms with Crippen LogP contribution in [-0.4, -0.2) is 60.9 Å². The molecule has 5 atom stereocenters. The Morgan fingerprint density at radius 3 is 2.50 bits per heavy atom. The Bertz CT molecular complexity index is 967. The van der Waals surface area contributed by atoms with Gasteiger partial charge in [0, 0.05) is 18.4 Å². The topological polar surface area (TPSA) is 115 Å². The number of methoxy groups -OCH3 is 2. The lowest BCUT2D eigenvalue weighted by Crippen LogP contribution is -2.37. The van der Waals surface area contributed by atoms with Crippen LogP contribution in [0.5, 0.6) is 17.2 Å². The van der Waals surface area contributed by atoms with E-state index in [0.29, 0.717) is 23.3 Å². The minimum atomic E-state index is -1.07. The van der Waals surface area contributed by atoms with Gasteiger partial charge in [0.25, 0.3) is 0 Å². The SMILES string of the molecule is COc1cc(C2CC3=C(C=C4OCOC4C=C3)C(O)[C@@H](CO)C2C(C)=O)cc(OC)c1O. The molecule has 1 aliphatic heterocycles. The molecule has 1 aromatic carbocycles. The number of hydrogen-bond acceptors (Lipinski definition) is 8. The predicted molar refractivity (Wildman–Crippen MR) is 114 cm³/mol. The summed E-state index contributed by atoms with van der Waals surface area (Å²) in [5, 5.41) is 31.9. The van der Waals surface area contributed by atoms with Crippen molar-refractivity contribution < 1.29 is 39.1 Å². The molecule has 1 heterocycles. The Morgan fingerprint density at radius 2 is 1.91 bits per heavy atom. The summed E-state index contributed by atoms with van der Waals surface area (Å²) in [6, 6.07) is 3.34. The lowest BCUT2D eigenvalue weighted by Gasteiger charge is -2.32. The fraction of sp³-hybridized carbons (Fsp3) is 0.458. The number of allylic oxidation sites excluding steroid dienone is 2. The lowest BCUT2D eigenvalue weighted by molar-refractivity contribution is -0.125. The second-order valence-electron chi connectivity index (χ2n) is 8.25. The van der Waals surface area contributed by atoms with Crippen LogP contribution in [0.3, 0.4) is 0 Å². The minimum absolute atomic E-state index is 0.133. The van der Waals surface area contributed by atoms with E-state index in [4.69, 9.17) is 18.9 Å². The molecule has 0 spiro atoms. The zero-order chi connectivity index (χ0) is 23.0. The predicted octanol–water partition coefficient (Wildman–Crippen LogP) is 2.19. The van der Waals surface area contributed by atoms with Crippen LogP contribution in [0.2, 0.25) is 0 Å². The number of aromatic hydroxyl groups is 1. The van der Waals surface area contributed by atoms with Crippen LogP contribution in [-0.2, 0) is 14.3 Å². The first-order valence-corrected chi connectivity index (χ1v) is 10.5. The Hall–Kier alpha value is -2.81. The highest BCUT2D eigenvalue weighted by molar-refractivity contribution is 5.80. The average molecular weight is 444 g/mol. The normalized spacial score (nSPS) is 29.3. The highest BCUT2D eigenvalue weighted by Gasteiger charge is 2.43. The van der Waals surface area contributed by atoms with Crippen molar-refractivity contribution in [3.8, 4) is 17.2 Å². The van der Waals surface area contributed by atoms with Gasteiger partial charge in [-0.3, -0.25) is 4.79 Å². The van der Waals surface area contributed by atoms with E-state index in [1.165, 1.54) is 21.1 Å². The van der Waals surface area contributed by atoms with Gasteiger partial charge in [0.05, 0.1) is 20.3 Å². The Morgan fingerprint density at radius 1 is 1.22 bits per heavy atom. The van der Waals surface area contributed by atoms with Crippen LogP contribution < -0.4 is 9.47 Å². The molecule has 172 valence electrons. The van der Waals surface area contributed by atoms with Crippen molar-refractivity contribution in [1.82, 2.24) is 0 Å². The Kier molecular flexibility index (Phi) is 6.28. The van der Waals surface area contributed by atoms with Gasteiger partial charge >= 0.3 is 0 Å². The summed E-state index contributed by atoms with van der Waals surface area (Å²) in [6.07, 6.45) is 4.52. The zero-order valence-electron chi connectivity index (χ0n) is 18.3. The molecule has 8 heteroatoms. The summed E-state index contributed by atoms with van der Waals surface area (Å²) < 4.78 is 21.7. The Balaban J connectivity index is 1.88. The summed E-state index contributed by atoms with van der Waals surface area (Å²) >= 11 is 0. The van der Waals surface area contributed by atoms with Crippen molar-refractivity contribution in [1.29, 1.82) is 0 Å². The number of aliphatic hydroxyl groups is 2. The monoisotopic (exact) mass is 444 g/mol. The number of phenols is 1. The van der Waals surface area contributed by atoms with Crippen molar-refractivity contribution in [2.75, 3.05) is 27.6 Å². The fourth-order valence-electron chi connectivity index (χ4n) is 4.96. The second-order valence-corrected chi connectivity index (χ2v) is 8.25. The van der Waals surface area contributed by atoms with Gasteiger partial charge in [0.2, 0.25) is 5.75 Å². The standard InChI is InChI=1S/C24H28O8/c1-12(26)22-15(14-7-20(29-2)24(28)21(8-14)30-3)6-13-4-5-18-19(32-11-31-18)9-16(13)23(27)17(22)10-25/h4-5,7-9,15,17-18,22-23,25,27-28H,6,10-11H2,1-3H3/t15?,17-,18?,22?,23?/m0/s1. The number of aliphatic hydroxyl groups excluding tert-OH is 2. The molecule has 1 fully saturated rings. The fourth-order valence-corrected chi connectivity index (χ4v) is 4.96. The Labute approximate surface area is 186 Å². The average Bonchev–Trinajstić information content (AvgIpc) is 3.10. The maximum Gasteiger partial charge on any atom is 0.200 e. The molecule has 1 aromatic rings.